The lowest BCUT2D eigenvalue weighted by Gasteiger charge is -2.21. The summed E-state index contributed by atoms with van der Waals surface area (Å²) in [4.78, 5) is 27.3. The van der Waals surface area contributed by atoms with Crippen LogP contribution in [0, 0.1) is 0 Å². The predicted octanol–water partition coefficient (Wildman–Crippen LogP) is 1.15. The number of ether oxygens (including phenoxy) is 1. The molecule has 0 aliphatic heterocycles. The molecule has 0 saturated heterocycles. The van der Waals surface area contributed by atoms with Crippen LogP contribution in [0.3, 0.4) is 0 Å². The SMILES string of the molecule is CCN(CCOC)CCn1c(=O)n(CC)c(=O)c2ccccc21. The fraction of sp³-hybridized carbons (Fsp3) is 0.529. The van der Waals surface area contributed by atoms with E-state index in [2.05, 4.69) is 11.8 Å². The number of rotatable bonds is 8. The molecule has 6 nitrogen and oxygen atoms in total. The van der Waals surface area contributed by atoms with E-state index < -0.39 is 0 Å². The van der Waals surface area contributed by atoms with Crippen LogP contribution in [0.2, 0.25) is 0 Å². The van der Waals surface area contributed by atoms with Gasteiger partial charge in [0.15, 0.2) is 0 Å². The van der Waals surface area contributed by atoms with Crippen molar-refractivity contribution in [2.45, 2.75) is 26.9 Å². The molecular weight excluding hydrogens is 294 g/mol. The lowest BCUT2D eigenvalue weighted by molar-refractivity contribution is 0.148. The second-order valence-corrected chi connectivity index (χ2v) is 5.43. The maximum Gasteiger partial charge on any atom is 0.331 e. The third-order valence-electron chi connectivity index (χ3n) is 4.15. The van der Waals surface area contributed by atoms with Gasteiger partial charge in [0.25, 0.3) is 5.56 Å². The van der Waals surface area contributed by atoms with Crippen LogP contribution in [0.25, 0.3) is 10.9 Å². The highest BCUT2D eigenvalue weighted by Crippen LogP contribution is 2.07. The Morgan fingerprint density at radius 3 is 2.48 bits per heavy atom. The molecule has 0 spiro atoms. The van der Waals surface area contributed by atoms with Crippen molar-refractivity contribution in [2.24, 2.45) is 0 Å². The van der Waals surface area contributed by atoms with Crippen LogP contribution in [-0.2, 0) is 17.8 Å². The highest BCUT2D eigenvalue weighted by molar-refractivity contribution is 5.77. The van der Waals surface area contributed by atoms with Crippen LogP contribution >= 0.6 is 0 Å². The zero-order valence-corrected chi connectivity index (χ0v) is 14.1. The van der Waals surface area contributed by atoms with Crippen molar-refractivity contribution in [3.63, 3.8) is 0 Å². The van der Waals surface area contributed by atoms with Crippen LogP contribution in [0.1, 0.15) is 13.8 Å². The van der Waals surface area contributed by atoms with Gasteiger partial charge in [-0.15, -0.1) is 0 Å². The quantitative estimate of drug-likeness (QED) is 0.732. The molecule has 0 unspecified atom stereocenters. The minimum atomic E-state index is -0.237. The number of hydrogen-bond acceptors (Lipinski definition) is 4. The normalized spacial score (nSPS) is 11.5. The molecule has 1 heterocycles. The van der Waals surface area contributed by atoms with Crippen LogP contribution in [0.15, 0.2) is 33.9 Å². The summed E-state index contributed by atoms with van der Waals surface area (Å²) in [5, 5.41) is 0.592. The van der Waals surface area contributed by atoms with Gasteiger partial charge in [-0.1, -0.05) is 19.1 Å². The Balaban J connectivity index is 2.40. The van der Waals surface area contributed by atoms with Gasteiger partial charge in [0, 0.05) is 33.3 Å². The minimum Gasteiger partial charge on any atom is -0.383 e. The van der Waals surface area contributed by atoms with E-state index >= 15 is 0 Å². The van der Waals surface area contributed by atoms with E-state index in [0.29, 0.717) is 30.6 Å². The summed E-state index contributed by atoms with van der Waals surface area (Å²) < 4.78 is 8.12. The van der Waals surface area contributed by atoms with E-state index in [-0.39, 0.29) is 11.2 Å². The van der Waals surface area contributed by atoms with Crippen LogP contribution < -0.4 is 11.2 Å². The molecule has 1 aromatic heterocycles. The average molecular weight is 319 g/mol. The Bertz CT molecular complexity index is 764. The van der Waals surface area contributed by atoms with Gasteiger partial charge in [-0.2, -0.15) is 0 Å². The van der Waals surface area contributed by atoms with Crippen LogP contribution in [0.5, 0.6) is 0 Å². The fourth-order valence-corrected chi connectivity index (χ4v) is 2.76. The van der Waals surface area contributed by atoms with Crippen LogP contribution in [0.4, 0.5) is 0 Å². The Labute approximate surface area is 135 Å². The Hall–Kier alpha value is -1.92. The van der Waals surface area contributed by atoms with Gasteiger partial charge < -0.3 is 4.74 Å². The molecule has 6 heteroatoms. The summed E-state index contributed by atoms with van der Waals surface area (Å²) in [7, 11) is 1.68. The molecule has 0 amide bonds. The van der Waals surface area contributed by atoms with Crippen molar-refractivity contribution < 1.29 is 4.74 Å². The number of methoxy groups -OCH3 is 1. The first-order valence-electron chi connectivity index (χ1n) is 8.07. The first kappa shape index (κ1) is 17.4. The minimum absolute atomic E-state index is 0.212. The van der Waals surface area contributed by atoms with E-state index in [1.807, 2.05) is 25.1 Å². The zero-order chi connectivity index (χ0) is 16.8. The summed E-state index contributed by atoms with van der Waals surface area (Å²) in [5.41, 5.74) is 0.255. The zero-order valence-electron chi connectivity index (χ0n) is 14.1. The van der Waals surface area contributed by atoms with Crippen molar-refractivity contribution in [2.75, 3.05) is 33.4 Å². The summed E-state index contributed by atoms with van der Waals surface area (Å²) in [6.07, 6.45) is 0. The largest absolute Gasteiger partial charge is 0.383 e. The lowest BCUT2D eigenvalue weighted by Crippen LogP contribution is -2.41. The fourth-order valence-electron chi connectivity index (χ4n) is 2.76. The molecule has 1 aromatic carbocycles. The van der Waals surface area contributed by atoms with Crippen molar-refractivity contribution in [1.82, 2.24) is 14.0 Å². The standard InChI is InChI=1S/C17H25N3O3/c1-4-18(12-13-23-3)10-11-20-15-9-7-6-8-14(15)16(21)19(5-2)17(20)22/h6-9H,4-5,10-13H2,1-3H3. The molecule has 0 aliphatic carbocycles. The number of nitrogens with zero attached hydrogens (tertiary/aromatic N) is 3. The molecular formula is C17H25N3O3. The van der Waals surface area contributed by atoms with Crippen molar-refractivity contribution in [3.05, 3.63) is 45.1 Å². The molecule has 0 atom stereocenters. The van der Waals surface area contributed by atoms with Gasteiger partial charge in [0.05, 0.1) is 17.5 Å². The molecule has 0 radical (unpaired) electrons. The molecule has 0 fully saturated rings. The second kappa shape index (κ2) is 8.08. The molecule has 0 saturated carbocycles. The summed E-state index contributed by atoms with van der Waals surface area (Å²) in [6.45, 7) is 7.96. The molecule has 23 heavy (non-hydrogen) atoms. The predicted molar refractivity (Wildman–Crippen MR) is 92.1 cm³/mol. The maximum absolute atomic E-state index is 12.6. The number of fused-ring (bicyclic) bond motifs is 1. The molecule has 126 valence electrons. The summed E-state index contributed by atoms with van der Waals surface area (Å²) in [6, 6.07) is 7.30. The smallest absolute Gasteiger partial charge is 0.331 e. The number of likely N-dealkylation sites (N-methyl/N-ethyl adjacent to an activating group) is 1. The van der Waals surface area contributed by atoms with Gasteiger partial charge in [-0.25, -0.2) is 4.79 Å². The molecule has 0 bridgehead atoms. The van der Waals surface area contributed by atoms with E-state index in [1.165, 1.54) is 4.57 Å². The molecule has 0 aliphatic rings. The van der Waals surface area contributed by atoms with Gasteiger partial charge >= 0.3 is 5.69 Å². The summed E-state index contributed by atoms with van der Waals surface area (Å²) in [5.74, 6) is 0. The van der Waals surface area contributed by atoms with E-state index in [1.54, 1.807) is 17.7 Å². The first-order valence-corrected chi connectivity index (χ1v) is 8.07. The van der Waals surface area contributed by atoms with Crippen molar-refractivity contribution in [1.29, 1.82) is 0 Å². The van der Waals surface area contributed by atoms with E-state index in [0.717, 1.165) is 19.6 Å². The van der Waals surface area contributed by atoms with Gasteiger partial charge in [-0.3, -0.25) is 18.8 Å². The van der Waals surface area contributed by atoms with E-state index in [4.69, 9.17) is 4.74 Å². The van der Waals surface area contributed by atoms with Crippen molar-refractivity contribution >= 4 is 10.9 Å². The Morgan fingerprint density at radius 2 is 1.83 bits per heavy atom. The molecule has 2 aromatic rings. The average Bonchev–Trinajstić information content (AvgIpc) is 2.58. The van der Waals surface area contributed by atoms with Gasteiger partial charge in [-0.05, 0) is 25.6 Å². The van der Waals surface area contributed by atoms with E-state index in [9.17, 15) is 9.59 Å². The first-order chi connectivity index (χ1) is 11.1. The Morgan fingerprint density at radius 1 is 1.09 bits per heavy atom. The monoisotopic (exact) mass is 319 g/mol. The highest BCUT2D eigenvalue weighted by Gasteiger charge is 2.12. The van der Waals surface area contributed by atoms with Crippen molar-refractivity contribution in [3.8, 4) is 0 Å². The topological polar surface area (TPSA) is 56.5 Å². The molecule has 2 rings (SSSR count). The van der Waals surface area contributed by atoms with Gasteiger partial charge in [0.1, 0.15) is 0 Å². The molecule has 0 N–H and O–H groups in total. The summed E-state index contributed by atoms with van der Waals surface area (Å²) >= 11 is 0. The number of hydrogen-bond donors (Lipinski definition) is 0. The third kappa shape index (κ3) is 3.71. The second-order valence-electron chi connectivity index (χ2n) is 5.43. The highest BCUT2D eigenvalue weighted by atomic mass is 16.5. The third-order valence-corrected chi connectivity index (χ3v) is 4.15. The number of aromatic nitrogens is 2. The van der Waals surface area contributed by atoms with Crippen LogP contribution in [-0.4, -0.2) is 47.4 Å². The lowest BCUT2D eigenvalue weighted by atomic mass is 10.2. The number of benzene rings is 1. The maximum atomic E-state index is 12.6. The van der Waals surface area contributed by atoms with Gasteiger partial charge in [0.2, 0.25) is 0 Å². The Kier molecular flexibility index (Phi) is 6.12. The number of para-hydroxylation sites is 1.